The number of hydrogen-bond acceptors (Lipinski definition) is 3. The van der Waals surface area contributed by atoms with Gasteiger partial charge in [-0.1, -0.05) is 30.3 Å². The van der Waals surface area contributed by atoms with Crippen LogP contribution in [-0.2, 0) is 28.3 Å². The van der Waals surface area contributed by atoms with E-state index in [1.165, 1.54) is 0 Å². The topological polar surface area (TPSA) is 66.2 Å². The molecule has 0 radical (unpaired) electrons. The van der Waals surface area contributed by atoms with Crippen LogP contribution in [0.15, 0.2) is 30.3 Å². The Morgan fingerprint density at radius 1 is 1.38 bits per heavy atom. The summed E-state index contributed by atoms with van der Waals surface area (Å²) in [6.07, 6.45) is 0.323. The van der Waals surface area contributed by atoms with Crippen LogP contribution in [0.4, 0.5) is 0 Å². The molecule has 0 bridgehead atoms. The molecule has 0 saturated heterocycles. The van der Waals surface area contributed by atoms with Crippen LogP contribution in [0.3, 0.4) is 0 Å². The molecule has 1 aromatic rings. The van der Waals surface area contributed by atoms with Gasteiger partial charge in [0.25, 0.3) is 0 Å². The van der Waals surface area contributed by atoms with Crippen molar-refractivity contribution in [2.45, 2.75) is 12.5 Å². The number of carboxylic acids is 1. The first kappa shape index (κ1) is 12.2. The second-order valence-electron chi connectivity index (χ2n) is 2.62. The summed E-state index contributed by atoms with van der Waals surface area (Å²) in [6.45, 7) is 0. The number of rotatable bonds is 3. The number of hydrogen-bond donors (Lipinski definition) is 1. The van der Waals surface area contributed by atoms with E-state index in [9.17, 15) is 9.90 Å². The predicted octanol–water partition coefficient (Wildman–Crippen LogP) is -0.696. The van der Waals surface area contributed by atoms with Crippen LogP contribution in [0, 0.1) is 0 Å². The molecule has 2 N–H and O–H groups in total. The van der Waals surface area contributed by atoms with Crippen LogP contribution >= 0.6 is 0 Å². The summed E-state index contributed by atoms with van der Waals surface area (Å²) in [4.78, 5) is 10.3. The zero-order valence-corrected chi connectivity index (χ0v) is 8.02. The van der Waals surface area contributed by atoms with E-state index in [-0.39, 0.29) is 17.1 Å². The first-order chi connectivity index (χ1) is 5.70. The number of benzene rings is 1. The molecular weight excluding hydrogens is 210 g/mol. The van der Waals surface area contributed by atoms with Crippen LogP contribution in [0.2, 0.25) is 0 Å². The molecule has 0 aliphatic heterocycles. The first-order valence-electron chi connectivity index (χ1n) is 3.70. The van der Waals surface area contributed by atoms with Gasteiger partial charge in [-0.2, -0.15) is 0 Å². The zero-order chi connectivity index (χ0) is 8.97. The van der Waals surface area contributed by atoms with E-state index < -0.39 is 12.0 Å². The normalized spacial score (nSPS) is 11.5. The summed E-state index contributed by atoms with van der Waals surface area (Å²) in [7, 11) is 0. The Morgan fingerprint density at radius 2 is 1.92 bits per heavy atom. The number of carbonyl (C=O) groups excluding carboxylic acids is 1. The molecule has 0 amide bonds. The van der Waals surface area contributed by atoms with Crippen LogP contribution in [-0.4, -0.2) is 12.0 Å². The second kappa shape index (κ2) is 5.75. The molecule has 0 aliphatic rings. The molecule has 3 nitrogen and oxygen atoms in total. The van der Waals surface area contributed by atoms with Crippen molar-refractivity contribution < 1.29 is 27.0 Å². The molecule has 1 aromatic carbocycles. The van der Waals surface area contributed by atoms with Crippen molar-refractivity contribution in [1.29, 1.82) is 0 Å². The van der Waals surface area contributed by atoms with Crippen molar-refractivity contribution in [3.8, 4) is 0 Å². The van der Waals surface area contributed by atoms with Crippen molar-refractivity contribution in [3.63, 3.8) is 0 Å². The van der Waals surface area contributed by atoms with Crippen LogP contribution in [0.25, 0.3) is 0 Å². The quantitative estimate of drug-likeness (QED) is 0.685. The Morgan fingerprint density at radius 3 is 2.38 bits per heavy atom. The second-order valence-corrected chi connectivity index (χ2v) is 2.62. The molecule has 1 rings (SSSR count). The van der Waals surface area contributed by atoms with Gasteiger partial charge in [0.1, 0.15) is 0 Å². The molecule has 1 atom stereocenters. The van der Waals surface area contributed by atoms with E-state index >= 15 is 0 Å². The third-order valence-corrected chi connectivity index (χ3v) is 1.60. The fourth-order valence-electron chi connectivity index (χ4n) is 0.951. The predicted molar refractivity (Wildman–Crippen MR) is 43.1 cm³/mol. The maximum absolute atomic E-state index is 10.3. The number of nitrogens with two attached hydrogens (primary N) is 1. The Balaban J connectivity index is 0.00000144. The Hall–Kier alpha value is -0.831. The first-order valence-corrected chi connectivity index (χ1v) is 3.70. The molecule has 4 heteroatoms. The largest absolute Gasteiger partial charge is 2.00 e. The fraction of sp³-hybridized carbons (Fsp3) is 0.222. The van der Waals surface area contributed by atoms with Gasteiger partial charge in [-0.05, 0) is 12.0 Å². The summed E-state index contributed by atoms with van der Waals surface area (Å²) in [5, 5.41) is 10.3. The van der Waals surface area contributed by atoms with E-state index in [4.69, 9.17) is 5.73 Å². The zero-order valence-electron chi connectivity index (χ0n) is 6.92. The molecule has 0 heterocycles. The summed E-state index contributed by atoms with van der Waals surface area (Å²) in [6, 6.07) is 8.32. The van der Waals surface area contributed by atoms with Gasteiger partial charge in [0.15, 0.2) is 0 Å². The molecule has 70 valence electrons. The van der Waals surface area contributed by atoms with E-state index in [1.807, 2.05) is 30.3 Å². The van der Waals surface area contributed by atoms with Gasteiger partial charge in [-0.25, -0.2) is 0 Å². The third-order valence-electron chi connectivity index (χ3n) is 1.60. The standard InChI is InChI=1S/C9H11NO2.Fe/c10-8(9(11)12)6-7-4-2-1-3-5-7;/h1-5,8H,6,10H2,(H,11,12);/q;+2/p-1/t8-;/m0./s1. The fourth-order valence-corrected chi connectivity index (χ4v) is 0.951. The summed E-state index contributed by atoms with van der Waals surface area (Å²) in [5.74, 6) is -1.21. The minimum atomic E-state index is -1.21. The average molecular weight is 220 g/mol. The van der Waals surface area contributed by atoms with Crippen LogP contribution < -0.4 is 10.8 Å². The maximum Gasteiger partial charge on any atom is 2.00 e. The van der Waals surface area contributed by atoms with Crippen molar-refractivity contribution in [2.24, 2.45) is 5.73 Å². The summed E-state index contributed by atoms with van der Waals surface area (Å²) < 4.78 is 0. The molecule has 0 saturated carbocycles. The molecule has 0 fully saturated rings. The van der Waals surface area contributed by atoms with Crippen molar-refractivity contribution >= 4 is 5.97 Å². The van der Waals surface area contributed by atoms with E-state index in [2.05, 4.69) is 0 Å². The maximum atomic E-state index is 10.3. The molecule has 0 aliphatic carbocycles. The van der Waals surface area contributed by atoms with E-state index in [0.29, 0.717) is 6.42 Å². The average Bonchev–Trinajstić information content (AvgIpc) is 2.06. The van der Waals surface area contributed by atoms with Gasteiger partial charge in [-0.3, -0.25) is 0 Å². The summed E-state index contributed by atoms with van der Waals surface area (Å²) in [5.41, 5.74) is 6.20. The number of aliphatic carboxylic acids is 1. The summed E-state index contributed by atoms with van der Waals surface area (Å²) >= 11 is 0. The molecule has 0 spiro atoms. The molecule has 0 aromatic heterocycles. The van der Waals surface area contributed by atoms with E-state index in [0.717, 1.165) is 5.56 Å². The minimum Gasteiger partial charge on any atom is -0.548 e. The van der Waals surface area contributed by atoms with Crippen LogP contribution in [0.1, 0.15) is 5.56 Å². The Labute approximate surface area is 87.4 Å². The van der Waals surface area contributed by atoms with Gasteiger partial charge in [0.2, 0.25) is 0 Å². The monoisotopic (exact) mass is 220 g/mol. The number of carbonyl (C=O) groups is 1. The molecule has 0 unspecified atom stereocenters. The van der Waals surface area contributed by atoms with Crippen molar-refractivity contribution in [1.82, 2.24) is 0 Å². The van der Waals surface area contributed by atoms with Gasteiger partial charge in [-0.15, -0.1) is 0 Å². The number of carboxylic acid groups (broad SMARTS) is 1. The minimum absolute atomic E-state index is 0. The van der Waals surface area contributed by atoms with E-state index in [1.54, 1.807) is 0 Å². The molecule has 13 heavy (non-hydrogen) atoms. The van der Waals surface area contributed by atoms with Gasteiger partial charge < -0.3 is 15.6 Å². The third kappa shape index (κ3) is 4.08. The van der Waals surface area contributed by atoms with Gasteiger partial charge >= 0.3 is 17.1 Å². The molecular formula is C9H10FeNO2+. The van der Waals surface area contributed by atoms with Gasteiger partial charge in [0, 0.05) is 6.04 Å². The van der Waals surface area contributed by atoms with Crippen LogP contribution in [0.5, 0.6) is 0 Å². The SMILES string of the molecule is N[C@@H](Cc1ccccc1)C(=O)[O-].[Fe+2]. The Kier molecular flexibility index (Phi) is 5.39. The van der Waals surface area contributed by atoms with Gasteiger partial charge in [0.05, 0.1) is 5.97 Å². The Bertz CT molecular complexity index is 264. The smallest absolute Gasteiger partial charge is 0.548 e. The van der Waals surface area contributed by atoms with Crippen molar-refractivity contribution in [2.75, 3.05) is 0 Å². The van der Waals surface area contributed by atoms with Crippen molar-refractivity contribution in [3.05, 3.63) is 35.9 Å².